The van der Waals surface area contributed by atoms with Crippen LogP contribution in [0.4, 0.5) is 0 Å². The quantitative estimate of drug-likeness (QED) is 0.0454. The molecule has 0 aromatic rings. The van der Waals surface area contributed by atoms with Crippen LogP contribution in [0.25, 0.3) is 0 Å². The molecule has 0 saturated carbocycles. The number of carbonyl (C=O) groups excluding carboxylic acids is 2. The summed E-state index contributed by atoms with van der Waals surface area (Å²) in [5.74, 6) is -0.460. The smallest absolute Gasteiger partial charge is 0.306 e. The topological polar surface area (TPSA) is 80.3 Å². The Balaban J connectivity index is 4.41. The Morgan fingerprint density at radius 1 is 0.472 bits per heavy atom. The molecular weight excluding hydrogens is 664 g/mol. The van der Waals surface area contributed by atoms with Gasteiger partial charge in [0.2, 0.25) is 0 Å². The van der Waals surface area contributed by atoms with E-state index in [0.717, 1.165) is 38.5 Å². The third-order valence-corrected chi connectivity index (χ3v) is 10.6. The highest BCUT2D eigenvalue weighted by molar-refractivity contribution is 5.70. The molecule has 0 amide bonds. The summed E-state index contributed by atoms with van der Waals surface area (Å²) in [4.78, 5) is 25.3. The number of esters is 2. The summed E-state index contributed by atoms with van der Waals surface area (Å²) in [7, 11) is 1.72. The molecule has 1 atom stereocenters. The van der Waals surface area contributed by atoms with Crippen molar-refractivity contribution < 1.29 is 33.3 Å². The molecule has 7 heteroatoms. The molecule has 1 unspecified atom stereocenters. The molecule has 0 spiro atoms. The van der Waals surface area contributed by atoms with Gasteiger partial charge in [0.1, 0.15) is 6.61 Å². The highest BCUT2D eigenvalue weighted by atomic mass is 16.6. The molecule has 0 aromatic carbocycles. The Labute approximate surface area is 329 Å². The van der Waals surface area contributed by atoms with Crippen molar-refractivity contribution in [2.75, 3.05) is 33.5 Å². The van der Waals surface area contributed by atoms with Crippen molar-refractivity contribution in [3.63, 3.8) is 0 Å². The van der Waals surface area contributed by atoms with Gasteiger partial charge in [-0.15, -0.1) is 0 Å². The number of hydrogen-bond donors (Lipinski definition) is 0. The minimum absolute atomic E-state index is 0.0353. The van der Waals surface area contributed by atoms with Crippen LogP contribution in [0.1, 0.15) is 234 Å². The summed E-state index contributed by atoms with van der Waals surface area (Å²) >= 11 is 0. The SMILES string of the molecule is CCCCCCCCCCCCCCCC(=O)OCC(COCCC(C)(C)OCCC(C)(C)OC)OC(=O)CCCCCCCCCCCCCCC. The summed E-state index contributed by atoms with van der Waals surface area (Å²) in [6.45, 7) is 14.0. The molecule has 53 heavy (non-hydrogen) atoms. The van der Waals surface area contributed by atoms with E-state index < -0.39 is 6.10 Å². The van der Waals surface area contributed by atoms with Crippen molar-refractivity contribution in [3.8, 4) is 0 Å². The van der Waals surface area contributed by atoms with Crippen molar-refractivity contribution in [2.45, 2.75) is 251 Å². The molecule has 0 aromatic heterocycles. The maximum atomic E-state index is 12.8. The number of rotatable bonds is 41. The lowest BCUT2D eigenvalue weighted by atomic mass is 10.0. The van der Waals surface area contributed by atoms with Gasteiger partial charge in [0.05, 0.1) is 24.4 Å². The Kier molecular flexibility index (Phi) is 35.6. The van der Waals surface area contributed by atoms with E-state index >= 15 is 0 Å². The highest BCUT2D eigenvalue weighted by Crippen LogP contribution is 2.20. The van der Waals surface area contributed by atoms with Gasteiger partial charge in [0.15, 0.2) is 6.10 Å². The minimum atomic E-state index is -0.605. The fourth-order valence-electron chi connectivity index (χ4n) is 6.47. The van der Waals surface area contributed by atoms with Gasteiger partial charge in [-0.05, 0) is 53.4 Å². The number of hydrogen-bond acceptors (Lipinski definition) is 7. The van der Waals surface area contributed by atoms with Gasteiger partial charge in [0.25, 0.3) is 0 Å². The Hall–Kier alpha value is -1.18. The van der Waals surface area contributed by atoms with E-state index in [1.807, 2.05) is 0 Å². The van der Waals surface area contributed by atoms with E-state index in [4.69, 9.17) is 23.7 Å². The van der Waals surface area contributed by atoms with Crippen LogP contribution in [0.5, 0.6) is 0 Å². The lowest BCUT2D eigenvalue weighted by molar-refractivity contribution is -0.163. The molecular formula is C46H90O7. The number of ether oxygens (including phenoxy) is 5. The molecule has 0 aliphatic heterocycles. The second kappa shape index (κ2) is 36.5. The molecule has 0 heterocycles. The van der Waals surface area contributed by atoms with Crippen molar-refractivity contribution in [1.29, 1.82) is 0 Å². The zero-order valence-electron chi connectivity index (χ0n) is 36.5. The van der Waals surface area contributed by atoms with Crippen molar-refractivity contribution in [1.82, 2.24) is 0 Å². The normalized spacial score (nSPS) is 12.7. The molecule has 0 aliphatic carbocycles. The lowest BCUT2D eigenvalue weighted by Gasteiger charge is -2.29. The van der Waals surface area contributed by atoms with Gasteiger partial charge in [-0.3, -0.25) is 9.59 Å². The molecule has 0 radical (unpaired) electrons. The van der Waals surface area contributed by atoms with Gasteiger partial charge in [-0.2, -0.15) is 0 Å². The van der Waals surface area contributed by atoms with Crippen LogP contribution in [0.15, 0.2) is 0 Å². The van der Waals surface area contributed by atoms with Crippen molar-refractivity contribution in [2.24, 2.45) is 0 Å². The summed E-state index contributed by atoms with van der Waals surface area (Å²) in [6, 6.07) is 0. The van der Waals surface area contributed by atoms with Crippen LogP contribution in [0, 0.1) is 0 Å². The number of carbonyl (C=O) groups is 2. The predicted molar refractivity (Wildman–Crippen MR) is 223 cm³/mol. The largest absolute Gasteiger partial charge is 0.462 e. The van der Waals surface area contributed by atoms with Gasteiger partial charge < -0.3 is 23.7 Å². The summed E-state index contributed by atoms with van der Waals surface area (Å²) in [6.07, 6.45) is 34.6. The van der Waals surface area contributed by atoms with E-state index in [-0.39, 0.29) is 36.4 Å². The molecule has 0 fully saturated rings. The van der Waals surface area contributed by atoms with Crippen LogP contribution < -0.4 is 0 Å². The van der Waals surface area contributed by atoms with Gasteiger partial charge in [-0.25, -0.2) is 0 Å². The molecule has 0 aliphatic rings. The van der Waals surface area contributed by atoms with E-state index in [2.05, 4.69) is 41.5 Å². The first kappa shape index (κ1) is 51.8. The Morgan fingerprint density at radius 3 is 1.26 bits per heavy atom. The van der Waals surface area contributed by atoms with E-state index in [1.54, 1.807) is 7.11 Å². The second-order valence-corrected chi connectivity index (χ2v) is 16.9. The maximum Gasteiger partial charge on any atom is 0.306 e. The minimum Gasteiger partial charge on any atom is -0.462 e. The highest BCUT2D eigenvalue weighted by Gasteiger charge is 2.23. The Bertz CT molecular complexity index is 812. The first-order valence-corrected chi connectivity index (χ1v) is 22.7. The van der Waals surface area contributed by atoms with Crippen LogP contribution in [-0.2, 0) is 33.3 Å². The maximum absolute atomic E-state index is 12.8. The zero-order chi connectivity index (χ0) is 39.3. The standard InChI is InChI=1S/C46H90O7/c1-8-10-12-14-16-18-20-22-24-26-28-30-32-34-43(47)51-41-42(40-50-38-36-46(5,6)52-39-37-45(3,4)49-7)53-44(48)35-33-31-29-27-25-23-21-19-17-15-13-11-9-2/h42H,8-41H2,1-7H3. The molecule has 0 saturated heterocycles. The van der Waals surface area contributed by atoms with Crippen molar-refractivity contribution in [3.05, 3.63) is 0 Å². The third kappa shape index (κ3) is 37.5. The average molecular weight is 755 g/mol. The first-order chi connectivity index (χ1) is 25.5. The van der Waals surface area contributed by atoms with Gasteiger partial charge >= 0.3 is 11.9 Å². The van der Waals surface area contributed by atoms with E-state index in [0.29, 0.717) is 32.5 Å². The fraction of sp³-hybridized carbons (Fsp3) is 0.957. The number of methoxy groups -OCH3 is 1. The van der Waals surface area contributed by atoms with Crippen LogP contribution >= 0.6 is 0 Å². The average Bonchev–Trinajstić information content (AvgIpc) is 3.12. The summed E-state index contributed by atoms with van der Waals surface area (Å²) in [5.41, 5.74) is -0.578. The number of unbranched alkanes of at least 4 members (excludes halogenated alkanes) is 24. The first-order valence-electron chi connectivity index (χ1n) is 22.7. The third-order valence-electron chi connectivity index (χ3n) is 10.6. The zero-order valence-corrected chi connectivity index (χ0v) is 36.5. The predicted octanol–water partition coefficient (Wildman–Crippen LogP) is 13.4. The molecule has 316 valence electrons. The van der Waals surface area contributed by atoms with E-state index in [9.17, 15) is 9.59 Å². The van der Waals surface area contributed by atoms with E-state index in [1.165, 1.54) is 135 Å². The van der Waals surface area contributed by atoms with Gasteiger partial charge in [-0.1, -0.05) is 168 Å². The fourth-order valence-corrected chi connectivity index (χ4v) is 6.47. The van der Waals surface area contributed by atoms with Crippen LogP contribution in [0.2, 0.25) is 0 Å². The summed E-state index contributed by atoms with van der Waals surface area (Å²) < 4.78 is 29.0. The molecule has 7 nitrogen and oxygen atoms in total. The Morgan fingerprint density at radius 2 is 0.849 bits per heavy atom. The second-order valence-electron chi connectivity index (χ2n) is 16.9. The monoisotopic (exact) mass is 755 g/mol. The van der Waals surface area contributed by atoms with Crippen molar-refractivity contribution >= 4 is 11.9 Å². The lowest BCUT2D eigenvalue weighted by Crippen LogP contribution is -2.33. The summed E-state index contributed by atoms with van der Waals surface area (Å²) in [5, 5.41) is 0. The van der Waals surface area contributed by atoms with Gasteiger partial charge in [0, 0.05) is 26.6 Å². The molecule has 0 rings (SSSR count). The molecule has 0 bridgehead atoms. The molecule has 0 N–H and O–H groups in total. The van der Waals surface area contributed by atoms with Crippen LogP contribution in [-0.4, -0.2) is 62.8 Å². The van der Waals surface area contributed by atoms with Crippen LogP contribution in [0.3, 0.4) is 0 Å².